The lowest BCUT2D eigenvalue weighted by Gasteiger charge is -2.33. The normalized spacial score (nSPS) is 25.8. The van der Waals surface area contributed by atoms with E-state index in [-0.39, 0.29) is 23.9 Å². The molecule has 168 valence electrons. The highest BCUT2D eigenvalue weighted by atomic mass is 19.4. The van der Waals surface area contributed by atoms with E-state index < -0.39 is 54.9 Å². The molecule has 3 heterocycles. The van der Waals surface area contributed by atoms with Crippen molar-refractivity contribution in [3.63, 3.8) is 0 Å². The van der Waals surface area contributed by atoms with Crippen LogP contribution in [0.3, 0.4) is 0 Å². The van der Waals surface area contributed by atoms with Crippen molar-refractivity contribution in [1.82, 2.24) is 19.5 Å². The van der Waals surface area contributed by atoms with Crippen LogP contribution in [0.4, 0.5) is 32.2 Å². The zero-order valence-corrected chi connectivity index (χ0v) is 15.4. The number of anilines is 1. The molecule has 0 aliphatic carbocycles. The number of aromatic nitrogens is 4. The van der Waals surface area contributed by atoms with E-state index in [9.17, 15) is 36.6 Å². The van der Waals surface area contributed by atoms with E-state index in [4.69, 9.17) is 10.5 Å². The summed E-state index contributed by atoms with van der Waals surface area (Å²) in [6.07, 6.45) is -14.8. The van der Waals surface area contributed by atoms with E-state index in [0.29, 0.717) is 0 Å². The fraction of sp³-hybridized carbons (Fsp3) is 0.667. The number of alkyl halides is 6. The first-order valence-electron chi connectivity index (χ1n) is 8.45. The predicted octanol–water partition coefficient (Wildman–Crippen LogP) is 1.56. The van der Waals surface area contributed by atoms with Crippen LogP contribution in [-0.2, 0) is 4.74 Å². The number of nitrogens with two attached hydrogens (primary N) is 1. The molecule has 0 aromatic carbocycles. The van der Waals surface area contributed by atoms with E-state index in [2.05, 4.69) is 19.7 Å². The lowest BCUT2D eigenvalue weighted by Crippen LogP contribution is -2.51. The maximum atomic E-state index is 13.0. The molecule has 2 aromatic rings. The van der Waals surface area contributed by atoms with Crippen LogP contribution in [0, 0.1) is 5.41 Å². The lowest BCUT2D eigenvalue weighted by atomic mass is 9.90. The van der Waals surface area contributed by atoms with Crippen molar-refractivity contribution in [2.45, 2.75) is 50.7 Å². The quantitative estimate of drug-likeness (QED) is 0.605. The zero-order valence-electron chi connectivity index (χ0n) is 15.4. The van der Waals surface area contributed by atoms with Crippen molar-refractivity contribution in [2.75, 3.05) is 12.3 Å². The molecule has 0 spiro atoms. The van der Waals surface area contributed by atoms with Crippen molar-refractivity contribution in [1.29, 1.82) is 0 Å². The molecule has 30 heavy (non-hydrogen) atoms. The maximum Gasteiger partial charge on any atom is 0.406 e. The molecule has 1 fully saturated rings. The molecule has 15 heteroatoms. The van der Waals surface area contributed by atoms with E-state index in [0.717, 1.165) is 10.9 Å². The second-order valence-corrected chi connectivity index (χ2v) is 7.04. The number of nitrogens with zero attached hydrogens (tertiary/aromatic N) is 4. The summed E-state index contributed by atoms with van der Waals surface area (Å²) in [5.74, 6) is -0.379. The summed E-state index contributed by atoms with van der Waals surface area (Å²) < 4.78 is 89.3. The largest absolute Gasteiger partial charge is 0.462 e. The number of halogens is 6. The van der Waals surface area contributed by atoms with Gasteiger partial charge in [-0.3, -0.25) is 4.57 Å². The second-order valence-electron chi connectivity index (χ2n) is 7.04. The summed E-state index contributed by atoms with van der Waals surface area (Å²) in [6.45, 7) is -0.415. The molecule has 4 N–H and O–H groups in total. The third-order valence-corrected chi connectivity index (χ3v) is 4.92. The molecule has 9 nitrogen and oxygen atoms in total. The number of hydrogen-bond acceptors (Lipinski definition) is 8. The molecule has 0 amide bonds. The zero-order chi connectivity index (χ0) is 22.6. The van der Waals surface area contributed by atoms with E-state index >= 15 is 0 Å². The minimum atomic E-state index is -5.66. The smallest absolute Gasteiger partial charge is 0.406 e. The summed E-state index contributed by atoms with van der Waals surface area (Å²) in [6, 6.07) is -0.859. The molecule has 0 saturated carbocycles. The van der Waals surface area contributed by atoms with Crippen molar-refractivity contribution in [2.24, 2.45) is 5.41 Å². The lowest BCUT2D eigenvalue weighted by molar-refractivity contribution is -0.340. The number of fused-ring (bicyclic) bond motifs is 1. The minimum absolute atomic E-state index is 0.0510. The number of aliphatic hydroxyl groups excluding tert-OH is 2. The molecule has 1 saturated heterocycles. The first-order chi connectivity index (χ1) is 13.7. The molecule has 4 atom stereocenters. The number of ether oxygens (including phenoxy) is 2. The highest BCUT2D eigenvalue weighted by Gasteiger charge is 2.68. The molecule has 0 bridgehead atoms. The molecule has 1 aliphatic rings. The van der Waals surface area contributed by atoms with Crippen LogP contribution in [0.25, 0.3) is 11.2 Å². The molecule has 2 aromatic heterocycles. The van der Waals surface area contributed by atoms with E-state index in [1.54, 1.807) is 0 Å². The van der Waals surface area contributed by atoms with Crippen LogP contribution >= 0.6 is 0 Å². The van der Waals surface area contributed by atoms with Crippen molar-refractivity contribution >= 4 is 17.0 Å². The van der Waals surface area contributed by atoms with E-state index in [1.165, 1.54) is 6.92 Å². The summed E-state index contributed by atoms with van der Waals surface area (Å²) in [5, 5.41) is 19.9. The first kappa shape index (κ1) is 22.3. The summed E-state index contributed by atoms with van der Waals surface area (Å²) in [5.41, 5.74) is 1.25. The van der Waals surface area contributed by atoms with Gasteiger partial charge in [0.25, 0.3) is 0 Å². The first-order valence-corrected chi connectivity index (χ1v) is 8.45. The number of nitrogen functional groups attached to an aromatic ring is 1. The summed E-state index contributed by atoms with van der Waals surface area (Å²) in [4.78, 5) is 11.2. The summed E-state index contributed by atoms with van der Waals surface area (Å²) >= 11 is 0. The number of hydrogen-bond donors (Lipinski definition) is 3. The predicted molar refractivity (Wildman–Crippen MR) is 87.0 cm³/mol. The van der Waals surface area contributed by atoms with Gasteiger partial charge in [0.1, 0.15) is 18.8 Å². The van der Waals surface area contributed by atoms with Crippen LogP contribution in [0.2, 0.25) is 0 Å². The average Bonchev–Trinajstić information content (AvgIpc) is 3.14. The average molecular weight is 445 g/mol. The van der Waals surface area contributed by atoms with Gasteiger partial charge in [-0.05, 0) is 13.8 Å². The van der Waals surface area contributed by atoms with Gasteiger partial charge >= 0.3 is 18.4 Å². The van der Waals surface area contributed by atoms with Gasteiger partial charge < -0.3 is 25.4 Å². The maximum absolute atomic E-state index is 13.0. The van der Waals surface area contributed by atoms with Gasteiger partial charge in [0.05, 0.1) is 12.4 Å². The molecular formula is C15H17F6N5O4. The Morgan fingerprint density at radius 1 is 1.13 bits per heavy atom. The fourth-order valence-electron chi connectivity index (χ4n) is 2.76. The molecule has 1 aliphatic heterocycles. The topological polar surface area (TPSA) is 129 Å². The van der Waals surface area contributed by atoms with Gasteiger partial charge in [-0.1, -0.05) is 0 Å². The Morgan fingerprint density at radius 3 is 2.23 bits per heavy atom. The molecule has 0 radical (unpaired) electrons. The highest BCUT2D eigenvalue weighted by molar-refractivity contribution is 5.82. The van der Waals surface area contributed by atoms with Crippen molar-refractivity contribution in [3.05, 3.63) is 6.33 Å². The van der Waals surface area contributed by atoms with Gasteiger partial charge in [-0.2, -0.15) is 36.3 Å². The van der Waals surface area contributed by atoms with Crippen LogP contribution in [0.1, 0.15) is 20.1 Å². The fourth-order valence-corrected chi connectivity index (χ4v) is 2.76. The van der Waals surface area contributed by atoms with Crippen LogP contribution < -0.4 is 10.5 Å². The number of aliphatic hydroxyl groups is 2. The Labute approximate surface area is 164 Å². The molecule has 3 rings (SSSR count). The Balaban J connectivity index is 1.95. The van der Waals surface area contributed by atoms with E-state index in [1.807, 2.05) is 0 Å². The Bertz CT molecular complexity index is 919. The monoisotopic (exact) mass is 445 g/mol. The minimum Gasteiger partial charge on any atom is -0.462 e. The third kappa shape index (κ3) is 3.50. The Morgan fingerprint density at radius 2 is 1.73 bits per heavy atom. The van der Waals surface area contributed by atoms with Crippen LogP contribution in [0.15, 0.2) is 6.33 Å². The standard InChI is InChI=1S/C15H17F6N5O4/c1-5-7(27)8(28)11(30-5)26-4-23-6-9(22)24-12(25-10(6)26)29-3-13(2,14(16,17)18)15(19,20)21/h4-5,7-8,11,27-28H,3H2,1-2H3,(H2,22,24,25)/t5-,7-,8-,11-/m1/s1. The van der Waals surface area contributed by atoms with Crippen molar-refractivity contribution < 1.29 is 46.0 Å². The Hall–Kier alpha value is -2.39. The second kappa shape index (κ2) is 7.09. The van der Waals surface area contributed by atoms with Crippen LogP contribution in [0.5, 0.6) is 6.01 Å². The van der Waals surface area contributed by atoms with Crippen molar-refractivity contribution in [3.8, 4) is 6.01 Å². The van der Waals surface area contributed by atoms with Gasteiger partial charge in [-0.25, -0.2) is 4.98 Å². The number of imidazole rings is 1. The van der Waals surface area contributed by atoms with Gasteiger partial charge in [0.2, 0.25) is 0 Å². The SMILES string of the molecule is C[C@H]1O[C@@H](n2cnc3c(N)nc(OCC(C)(C(F)(F)F)C(F)(F)F)nc32)[C@H](O)[C@@H]1O. The highest BCUT2D eigenvalue weighted by Crippen LogP contribution is 2.50. The van der Waals surface area contributed by atoms with Crippen LogP contribution in [-0.4, -0.2) is 67.0 Å². The summed E-state index contributed by atoms with van der Waals surface area (Å²) in [7, 11) is 0. The molecular weight excluding hydrogens is 428 g/mol. The third-order valence-electron chi connectivity index (χ3n) is 4.92. The molecule has 0 unspecified atom stereocenters. The van der Waals surface area contributed by atoms with Gasteiger partial charge in [-0.15, -0.1) is 0 Å². The Kier molecular flexibility index (Phi) is 5.27. The van der Waals surface area contributed by atoms with Gasteiger partial charge in [0.15, 0.2) is 28.6 Å². The van der Waals surface area contributed by atoms with Gasteiger partial charge in [0, 0.05) is 0 Å². The number of rotatable bonds is 4.